The summed E-state index contributed by atoms with van der Waals surface area (Å²) < 4.78 is 0. The van der Waals surface area contributed by atoms with Crippen LogP contribution in [-0.2, 0) is 4.79 Å². The zero-order valence-electron chi connectivity index (χ0n) is 12.5. The summed E-state index contributed by atoms with van der Waals surface area (Å²) in [5.41, 5.74) is 5.04. The van der Waals surface area contributed by atoms with Crippen LogP contribution in [0, 0.1) is 0 Å². The topological polar surface area (TPSA) is 96.3 Å². The summed E-state index contributed by atoms with van der Waals surface area (Å²) in [6.45, 7) is 2.26. The Morgan fingerprint density at radius 1 is 1.27 bits per heavy atom. The number of pyridine rings is 1. The molecular formula is C16H19N3O3. The van der Waals surface area contributed by atoms with Gasteiger partial charge in [-0.1, -0.05) is 31.5 Å². The molecule has 0 unspecified atom stereocenters. The molecule has 3 N–H and O–H groups in total. The van der Waals surface area contributed by atoms with Crippen LogP contribution in [-0.4, -0.2) is 34.8 Å². The summed E-state index contributed by atoms with van der Waals surface area (Å²) in [6, 6.07) is 8.65. The van der Waals surface area contributed by atoms with Gasteiger partial charge in [-0.25, -0.2) is 0 Å². The number of H-pyrrole nitrogens is 1. The summed E-state index contributed by atoms with van der Waals surface area (Å²) in [7, 11) is 0. The second kappa shape index (κ2) is 6.89. The van der Waals surface area contributed by atoms with Crippen molar-refractivity contribution >= 4 is 22.6 Å². The molecule has 1 heterocycles. The van der Waals surface area contributed by atoms with Crippen molar-refractivity contribution in [1.29, 1.82) is 0 Å². The number of hydrogen-bond donors (Lipinski definition) is 2. The van der Waals surface area contributed by atoms with E-state index in [9.17, 15) is 14.4 Å². The average molecular weight is 301 g/mol. The molecule has 116 valence electrons. The third-order valence-electron chi connectivity index (χ3n) is 3.40. The number of carbonyl (C=O) groups excluding carboxylic acids is 2. The van der Waals surface area contributed by atoms with Crippen molar-refractivity contribution in [2.24, 2.45) is 5.73 Å². The maximum atomic E-state index is 12.5. The number of amides is 2. The first-order valence-corrected chi connectivity index (χ1v) is 7.22. The largest absolute Gasteiger partial charge is 0.368 e. The molecule has 0 saturated carbocycles. The summed E-state index contributed by atoms with van der Waals surface area (Å²) in [5, 5.41) is 1.21. The lowest BCUT2D eigenvalue weighted by atomic mass is 10.1. The van der Waals surface area contributed by atoms with Crippen molar-refractivity contribution in [3.63, 3.8) is 0 Å². The van der Waals surface area contributed by atoms with Gasteiger partial charge in [0.25, 0.3) is 11.5 Å². The summed E-state index contributed by atoms with van der Waals surface area (Å²) in [5.74, 6) is -0.970. The number of unbranched alkanes of at least 4 members (excludes halogenated alkanes) is 1. The molecule has 22 heavy (non-hydrogen) atoms. The number of primary amides is 1. The first-order chi connectivity index (χ1) is 10.5. The van der Waals surface area contributed by atoms with Gasteiger partial charge in [-0.3, -0.25) is 14.4 Å². The second-order valence-corrected chi connectivity index (χ2v) is 5.15. The first-order valence-electron chi connectivity index (χ1n) is 7.22. The molecule has 6 nitrogen and oxygen atoms in total. The maximum absolute atomic E-state index is 12.5. The van der Waals surface area contributed by atoms with Crippen LogP contribution < -0.4 is 11.3 Å². The van der Waals surface area contributed by atoms with E-state index in [0.29, 0.717) is 17.3 Å². The zero-order chi connectivity index (χ0) is 16.1. The van der Waals surface area contributed by atoms with Gasteiger partial charge in [0.15, 0.2) is 0 Å². The Morgan fingerprint density at radius 3 is 2.68 bits per heavy atom. The third kappa shape index (κ3) is 3.52. The van der Waals surface area contributed by atoms with E-state index in [1.807, 2.05) is 6.92 Å². The fraction of sp³-hybridized carbons (Fsp3) is 0.312. The molecule has 0 radical (unpaired) electrons. The van der Waals surface area contributed by atoms with Crippen molar-refractivity contribution in [1.82, 2.24) is 9.88 Å². The molecule has 0 bridgehead atoms. The highest BCUT2D eigenvalue weighted by molar-refractivity contribution is 5.97. The van der Waals surface area contributed by atoms with Gasteiger partial charge in [0.1, 0.15) is 5.69 Å². The zero-order valence-corrected chi connectivity index (χ0v) is 12.5. The lowest BCUT2D eigenvalue weighted by molar-refractivity contribution is -0.118. The van der Waals surface area contributed by atoms with Gasteiger partial charge in [-0.15, -0.1) is 0 Å². The smallest absolute Gasteiger partial charge is 0.270 e. The minimum Gasteiger partial charge on any atom is -0.368 e. The molecular weight excluding hydrogens is 282 g/mol. The van der Waals surface area contributed by atoms with E-state index in [2.05, 4.69) is 4.98 Å². The molecule has 1 aromatic heterocycles. The minimum atomic E-state index is -0.576. The van der Waals surface area contributed by atoms with E-state index >= 15 is 0 Å². The summed E-state index contributed by atoms with van der Waals surface area (Å²) >= 11 is 0. The molecule has 0 fully saturated rings. The Morgan fingerprint density at radius 2 is 2.00 bits per heavy atom. The predicted octanol–water partition coefficient (Wildman–Crippen LogP) is 1.26. The molecule has 0 aliphatic carbocycles. The Hall–Kier alpha value is -2.63. The van der Waals surface area contributed by atoms with E-state index in [0.717, 1.165) is 12.8 Å². The number of aromatic nitrogens is 1. The number of hydrogen-bond acceptors (Lipinski definition) is 3. The van der Waals surface area contributed by atoms with Gasteiger partial charge < -0.3 is 15.6 Å². The van der Waals surface area contributed by atoms with Gasteiger partial charge in [0.05, 0.1) is 6.54 Å². The van der Waals surface area contributed by atoms with Crippen LogP contribution in [0.25, 0.3) is 10.8 Å². The minimum absolute atomic E-state index is 0.159. The number of aromatic amines is 1. The maximum Gasteiger partial charge on any atom is 0.270 e. The molecule has 0 aliphatic heterocycles. The van der Waals surface area contributed by atoms with Crippen LogP contribution in [0.15, 0.2) is 35.1 Å². The fourth-order valence-electron chi connectivity index (χ4n) is 2.29. The number of nitrogens with one attached hydrogen (secondary N) is 1. The van der Waals surface area contributed by atoms with Crippen molar-refractivity contribution in [2.75, 3.05) is 13.1 Å². The van der Waals surface area contributed by atoms with Gasteiger partial charge in [0.2, 0.25) is 5.91 Å². The molecule has 1 aromatic carbocycles. The Balaban J connectivity index is 2.37. The van der Waals surface area contributed by atoms with Crippen LogP contribution in [0.4, 0.5) is 0 Å². The molecule has 2 rings (SSSR count). The number of fused-ring (bicyclic) bond motifs is 1. The predicted molar refractivity (Wildman–Crippen MR) is 84.6 cm³/mol. The van der Waals surface area contributed by atoms with Gasteiger partial charge in [-0.05, 0) is 23.9 Å². The van der Waals surface area contributed by atoms with E-state index in [1.165, 1.54) is 4.90 Å². The molecule has 0 saturated heterocycles. The monoisotopic (exact) mass is 301 g/mol. The van der Waals surface area contributed by atoms with Crippen LogP contribution >= 0.6 is 0 Å². The van der Waals surface area contributed by atoms with Crippen molar-refractivity contribution < 1.29 is 9.59 Å². The molecule has 2 amide bonds. The SMILES string of the molecule is CCCCN(CC(N)=O)C(=O)c1cc2ccccc2c(=O)[nH]1. The third-order valence-corrected chi connectivity index (χ3v) is 3.40. The summed E-state index contributed by atoms with van der Waals surface area (Å²) in [6.07, 6.45) is 1.65. The van der Waals surface area contributed by atoms with E-state index in [1.54, 1.807) is 30.3 Å². The highest BCUT2D eigenvalue weighted by Gasteiger charge is 2.18. The lowest BCUT2D eigenvalue weighted by Crippen LogP contribution is -2.39. The number of nitrogens with zero attached hydrogens (tertiary/aromatic N) is 1. The highest BCUT2D eigenvalue weighted by atomic mass is 16.2. The molecule has 0 spiro atoms. The first kappa shape index (κ1) is 15.8. The van der Waals surface area contributed by atoms with E-state index in [-0.39, 0.29) is 17.8 Å². The van der Waals surface area contributed by atoms with Crippen molar-refractivity contribution in [3.8, 4) is 0 Å². The van der Waals surface area contributed by atoms with Crippen LogP contribution in [0.2, 0.25) is 0 Å². The van der Waals surface area contributed by atoms with E-state index in [4.69, 9.17) is 5.73 Å². The van der Waals surface area contributed by atoms with E-state index < -0.39 is 11.8 Å². The van der Waals surface area contributed by atoms with Gasteiger partial charge in [0, 0.05) is 11.9 Å². The number of rotatable bonds is 6. The number of nitrogens with two attached hydrogens (primary N) is 1. The quantitative estimate of drug-likeness (QED) is 0.840. The molecule has 0 atom stereocenters. The Labute approximate surface area is 127 Å². The molecule has 6 heteroatoms. The molecule has 2 aromatic rings. The van der Waals surface area contributed by atoms with Gasteiger partial charge >= 0.3 is 0 Å². The van der Waals surface area contributed by atoms with Crippen molar-refractivity contribution in [3.05, 3.63) is 46.4 Å². The van der Waals surface area contributed by atoms with Crippen LogP contribution in [0.1, 0.15) is 30.3 Å². The standard InChI is InChI=1S/C16H19N3O3/c1-2-3-8-19(10-14(17)20)16(22)13-9-11-6-4-5-7-12(11)15(21)18-13/h4-7,9H,2-3,8,10H2,1H3,(H2,17,20)(H,18,21). The van der Waals surface area contributed by atoms with Gasteiger partial charge in [-0.2, -0.15) is 0 Å². The molecule has 0 aliphatic rings. The normalized spacial score (nSPS) is 10.6. The fourth-order valence-corrected chi connectivity index (χ4v) is 2.29. The van der Waals surface area contributed by atoms with Crippen LogP contribution in [0.3, 0.4) is 0 Å². The number of carbonyl (C=O) groups is 2. The van der Waals surface area contributed by atoms with Crippen molar-refractivity contribution in [2.45, 2.75) is 19.8 Å². The summed E-state index contributed by atoms with van der Waals surface area (Å²) in [4.78, 5) is 39.7. The highest BCUT2D eigenvalue weighted by Crippen LogP contribution is 2.11. The Kier molecular flexibility index (Phi) is 4.93. The van der Waals surface area contributed by atoms with Crippen LogP contribution in [0.5, 0.6) is 0 Å². The lowest BCUT2D eigenvalue weighted by Gasteiger charge is -2.20. The Bertz CT molecular complexity index is 752. The second-order valence-electron chi connectivity index (χ2n) is 5.15. The average Bonchev–Trinajstić information content (AvgIpc) is 2.50. The number of benzene rings is 1.